The molecule has 7 nitrogen and oxygen atoms in total. The molecule has 3 rings (SSSR count). The molecule has 1 aliphatic rings. The second kappa shape index (κ2) is 8.65. The van der Waals surface area contributed by atoms with Crippen molar-refractivity contribution >= 4 is 27.5 Å². The third-order valence-electron chi connectivity index (χ3n) is 4.67. The van der Waals surface area contributed by atoms with Crippen molar-refractivity contribution < 1.29 is 13.2 Å². The molecule has 152 valence electrons. The van der Waals surface area contributed by atoms with Gasteiger partial charge in [-0.2, -0.15) is 0 Å². The number of sulfone groups is 1. The largest absolute Gasteiger partial charge is 0.351 e. The fraction of sp³-hybridized carbons (Fsp3) is 0.526. The smallest absolute Gasteiger partial charge is 0.233 e. The average Bonchev–Trinajstić information content (AvgIpc) is 3.18. The molecule has 0 spiro atoms. The molecule has 1 fully saturated rings. The number of aromatic nitrogens is 3. The molecule has 0 bridgehead atoms. The van der Waals surface area contributed by atoms with Gasteiger partial charge < -0.3 is 9.88 Å². The van der Waals surface area contributed by atoms with Crippen molar-refractivity contribution in [1.82, 2.24) is 20.1 Å². The summed E-state index contributed by atoms with van der Waals surface area (Å²) >= 11 is 1.35. The molecule has 2 aromatic rings. The van der Waals surface area contributed by atoms with E-state index in [2.05, 4.69) is 28.5 Å². The van der Waals surface area contributed by atoms with Gasteiger partial charge in [0, 0.05) is 18.2 Å². The first-order valence-corrected chi connectivity index (χ1v) is 12.2. The lowest BCUT2D eigenvalue weighted by atomic mass is 10.1. The maximum atomic E-state index is 12.5. The summed E-state index contributed by atoms with van der Waals surface area (Å²) in [5.41, 5.74) is 2.15. The summed E-state index contributed by atoms with van der Waals surface area (Å²) in [5, 5.41) is 11.8. The molecule has 0 saturated carbocycles. The van der Waals surface area contributed by atoms with Gasteiger partial charge in [0.1, 0.15) is 0 Å². The fourth-order valence-corrected chi connectivity index (χ4v) is 5.80. The second-order valence-electron chi connectivity index (χ2n) is 7.20. The molecule has 0 aliphatic carbocycles. The lowest BCUT2D eigenvalue weighted by Gasteiger charge is -2.16. The molecule has 0 radical (unpaired) electrons. The Balaban J connectivity index is 1.73. The number of carbonyl (C=O) groups is 1. The Hall–Kier alpha value is -1.87. The van der Waals surface area contributed by atoms with Gasteiger partial charge in [0.05, 0.1) is 16.8 Å². The van der Waals surface area contributed by atoms with Crippen molar-refractivity contribution in [2.24, 2.45) is 0 Å². The highest BCUT2D eigenvalue weighted by molar-refractivity contribution is 8.00. The van der Waals surface area contributed by atoms with Crippen molar-refractivity contribution in [2.45, 2.75) is 56.6 Å². The van der Waals surface area contributed by atoms with Crippen LogP contribution in [0.5, 0.6) is 0 Å². The molecular formula is C19H26N4O3S2. The van der Waals surface area contributed by atoms with Crippen LogP contribution in [0.1, 0.15) is 32.3 Å². The first-order valence-electron chi connectivity index (χ1n) is 9.46. The second-order valence-corrected chi connectivity index (χ2v) is 10.7. The maximum absolute atomic E-state index is 12.5. The van der Waals surface area contributed by atoms with E-state index in [4.69, 9.17) is 0 Å². The van der Waals surface area contributed by atoms with Crippen LogP contribution in [0.15, 0.2) is 29.4 Å². The van der Waals surface area contributed by atoms with E-state index in [0.717, 1.165) is 29.9 Å². The van der Waals surface area contributed by atoms with Gasteiger partial charge in [0.2, 0.25) is 5.91 Å². The molecule has 28 heavy (non-hydrogen) atoms. The van der Waals surface area contributed by atoms with E-state index >= 15 is 0 Å². The number of aryl methyl sites for hydroxylation is 1. The summed E-state index contributed by atoms with van der Waals surface area (Å²) < 4.78 is 25.2. The van der Waals surface area contributed by atoms with Gasteiger partial charge in [0.15, 0.2) is 20.8 Å². The fourth-order valence-electron chi connectivity index (χ4n) is 3.24. The average molecular weight is 423 g/mol. The summed E-state index contributed by atoms with van der Waals surface area (Å²) in [6.45, 7) is 6.69. The number of rotatable bonds is 7. The van der Waals surface area contributed by atoms with E-state index in [1.807, 2.05) is 29.7 Å². The normalized spacial score (nSPS) is 19.5. The molecule has 9 heteroatoms. The zero-order chi connectivity index (χ0) is 20.3. The van der Waals surface area contributed by atoms with E-state index in [-0.39, 0.29) is 23.5 Å². The minimum absolute atomic E-state index is 0.0274. The molecular weight excluding hydrogens is 396 g/mol. The molecule has 1 N–H and O–H groups in total. The molecule has 2 heterocycles. The van der Waals surface area contributed by atoms with Crippen LogP contribution >= 0.6 is 11.8 Å². The minimum atomic E-state index is -3.02. The van der Waals surface area contributed by atoms with Gasteiger partial charge in [-0.15, -0.1) is 10.2 Å². The number of nitrogens with one attached hydrogen (secondary N) is 1. The van der Waals surface area contributed by atoms with Crippen molar-refractivity contribution in [3.63, 3.8) is 0 Å². The first kappa shape index (κ1) is 20.9. The highest BCUT2D eigenvalue weighted by Crippen LogP contribution is 2.28. The van der Waals surface area contributed by atoms with Crippen LogP contribution in [-0.2, 0) is 21.2 Å². The summed E-state index contributed by atoms with van der Waals surface area (Å²) in [4.78, 5) is 12.5. The standard InChI is InChI=1S/C19H26N4O3S2/c1-4-9-23-17(15-7-5-6-13(2)11-15)21-22-19(23)27-14(3)18(24)20-16-8-10-28(25,26)12-16/h5-7,11,14,16H,4,8-10,12H2,1-3H3,(H,20,24)/t14-,16+/m1/s1. The first-order chi connectivity index (χ1) is 13.3. The lowest BCUT2D eigenvalue weighted by molar-refractivity contribution is -0.120. The van der Waals surface area contributed by atoms with Crippen LogP contribution in [0, 0.1) is 6.92 Å². The van der Waals surface area contributed by atoms with Crippen molar-refractivity contribution in [1.29, 1.82) is 0 Å². The predicted molar refractivity (Wildman–Crippen MR) is 111 cm³/mol. The number of carbonyl (C=O) groups excluding carboxylic acids is 1. The molecule has 2 atom stereocenters. The summed E-state index contributed by atoms with van der Waals surface area (Å²) in [6, 6.07) is 7.82. The van der Waals surface area contributed by atoms with Gasteiger partial charge in [0.25, 0.3) is 0 Å². The molecule has 1 aromatic heterocycles. The highest BCUT2D eigenvalue weighted by Gasteiger charge is 2.30. The van der Waals surface area contributed by atoms with Crippen molar-refractivity contribution in [3.8, 4) is 11.4 Å². The van der Waals surface area contributed by atoms with Gasteiger partial charge in [-0.25, -0.2) is 8.42 Å². The van der Waals surface area contributed by atoms with Gasteiger partial charge in [-0.1, -0.05) is 42.4 Å². The predicted octanol–water partition coefficient (Wildman–Crippen LogP) is 2.45. The number of thioether (sulfide) groups is 1. The Labute approximate surface area is 170 Å². The van der Waals surface area contributed by atoms with E-state index in [1.165, 1.54) is 11.8 Å². The zero-order valence-corrected chi connectivity index (χ0v) is 18.0. The third-order valence-corrected chi connectivity index (χ3v) is 7.52. The molecule has 1 saturated heterocycles. The van der Waals surface area contributed by atoms with Gasteiger partial charge >= 0.3 is 0 Å². The van der Waals surface area contributed by atoms with Gasteiger partial charge in [-0.3, -0.25) is 4.79 Å². The number of hydrogen-bond acceptors (Lipinski definition) is 6. The summed E-state index contributed by atoms with van der Waals surface area (Å²) in [6.07, 6.45) is 1.40. The SMILES string of the molecule is CCCn1c(S[C@H](C)C(=O)N[C@H]2CCS(=O)(=O)C2)nnc1-c1cccc(C)c1. The summed E-state index contributed by atoms with van der Waals surface area (Å²) in [5.74, 6) is 0.793. The third kappa shape index (κ3) is 4.94. The highest BCUT2D eigenvalue weighted by atomic mass is 32.2. The van der Waals surface area contributed by atoms with Crippen molar-refractivity contribution in [3.05, 3.63) is 29.8 Å². The Morgan fingerprint density at radius 3 is 2.82 bits per heavy atom. The summed E-state index contributed by atoms with van der Waals surface area (Å²) in [7, 11) is -3.02. The van der Waals surface area contributed by atoms with E-state index in [9.17, 15) is 13.2 Å². The molecule has 0 unspecified atom stereocenters. The number of nitrogens with zero attached hydrogens (tertiary/aromatic N) is 3. The van der Waals surface area contributed by atoms with E-state index in [1.54, 1.807) is 6.92 Å². The zero-order valence-electron chi connectivity index (χ0n) is 16.4. The monoisotopic (exact) mass is 422 g/mol. The molecule has 1 amide bonds. The van der Waals surface area contributed by atoms with Crippen molar-refractivity contribution in [2.75, 3.05) is 11.5 Å². The van der Waals surface area contributed by atoms with E-state index < -0.39 is 15.1 Å². The quantitative estimate of drug-likeness (QED) is 0.689. The van der Waals surface area contributed by atoms with Crippen LogP contribution < -0.4 is 5.32 Å². The van der Waals surface area contributed by atoms with Gasteiger partial charge in [-0.05, 0) is 32.8 Å². The van der Waals surface area contributed by atoms with Crippen LogP contribution in [-0.4, -0.2) is 51.9 Å². The van der Waals surface area contributed by atoms with Crippen LogP contribution in [0.25, 0.3) is 11.4 Å². The maximum Gasteiger partial charge on any atom is 0.233 e. The number of benzene rings is 1. The topological polar surface area (TPSA) is 94.0 Å². The van der Waals surface area contributed by atoms with Crippen LogP contribution in [0.4, 0.5) is 0 Å². The van der Waals surface area contributed by atoms with E-state index in [0.29, 0.717) is 11.6 Å². The number of amides is 1. The Bertz CT molecular complexity index is 956. The van der Waals surface area contributed by atoms with Crippen LogP contribution in [0.2, 0.25) is 0 Å². The molecule has 1 aromatic carbocycles. The van der Waals surface area contributed by atoms with Crippen LogP contribution in [0.3, 0.4) is 0 Å². The minimum Gasteiger partial charge on any atom is -0.351 e. The Morgan fingerprint density at radius 2 is 2.18 bits per heavy atom. The number of hydrogen-bond donors (Lipinski definition) is 1. The Morgan fingerprint density at radius 1 is 1.39 bits per heavy atom. The lowest BCUT2D eigenvalue weighted by Crippen LogP contribution is -2.40. The molecule has 1 aliphatic heterocycles. The Kier molecular flexibility index (Phi) is 6.44.